The number of nitrogens with zero attached hydrogens (tertiary/aromatic N) is 3. The third kappa shape index (κ3) is 4.45. The molecule has 0 radical (unpaired) electrons. The average molecular weight is 356 g/mol. The number of methoxy groups -OCH3 is 1. The second-order valence-corrected chi connectivity index (χ2v) is 6.83. The average Bonchev–Trinajstić information content (AvgIpc) is 3.31. The molecule has 25 heavy (non-hydrogen) atoms. The molecule has 0 aliphatic carbocycles. The zero-order valence-electron chi connectivity index (χ0n) is 14.2. The van der Waals surface area contributed by atoms with Crippen LogP contribution in [0.5, 0.6) is 5.75 Å². The third-order valence-corrected chi connectivity index (χ3v) is 4.82. The van der Waals surface area contributed by atoms with Crippen molar-refractivity contribution in [2.45, 2.75) is 20.0 Å². The van der Waals surface area contributed by atoms with E-state index in [2.05, 4.69) is 15.4 Å². The Kier molecular flexibility index (Phi) is 5.45. The van der Waals surface area contributed by atoms with Crippen LogP contribution in [-0.4, -0.2) is 27.8 Å². The van der Waals surface area contributed by atoms with E-state index < -0.39 is 0 Å². The van der Waals surface area contributed by atoms with E-state index >= 15 is 0 Å². The summed E-state index contributed by atoms with van der Waals surface area (Å²) < 4.78 is 7.01. The fraction of sp³-hybridized carbons (Fsp3) is 0.278. The van der Waals surface area contributed by atoms with Crippen LogP contribution in [0.2, 0.25) is 0 Å². The maximum Gasteiger partial charge on any atom is 0.224 e. The Labute approximate surface area is 150 Å². The van der Waals surface area contributed by atoms with Gasteiger partial charge in [0.2, 0.25) is 5.91 Å². The number of benzene rings is 1. The van der Waals surface area contributed by atoms with Crippen molar-refractivity contribution in [3.63, 3.8) is 0 Å². The van der Waals surface area contributed by atoms with Crippen molar-refractivity contribution < 1.29 is 9.53 Å². The first-order valence-electron chi connectivity index (χ1n) is 8.00. The number of carbonyl (C=O) groups is 1. The molecule has 2 heterocycles. The van der Waals surface area contributed by atoms with Crippen molar-refractivity contribution >= 4 is 17.2 Å². The summed E-state index contributed by atoms with van der Waals surface area (Å²) in [6, 6.07) is 9.64. The number of hydrogen-bond acceptors (Lipinski definition) is 5. The van der Waals surface area contributed by atoms with Gasteiger partial charge in [0.15, 0.2) is 0 Å². The number of rotatable bonds is 7. The van der Waals surface area contributed by atoms with Gasteiger partial charge in [0.1, 0.15) is 10.8 Å². The van der Waals surface area contributed by atoms with E-state index in [1.165, 1.54) is 0 Å². The van der Waals surface area contributed by atoms with Crippen molar-refractivity contribution in [2.75, 3.05) is 7.11 Å². The maximum atomic E-state index is 12.2. The molecule has 0 aliphatic heterocycles. The van der Waals surface area contributed by atoms with Gasteiger partial charge in [-0.3, -0.25) is 9.48 Å². The first-order chi connectivity index (χ1) is 12.2. The summed E-state index contributed by atoms with van der Waals surface area (Å²) in [5, 5.41) is 8.00. The molecule has 0 aliphatic rings. The number of ether oxygens (including phenoxy) is 1. The highest BCUT2D eigenvalue weighted by Crippen LogP contribution is 2.27. The smallest absolute Gasteiger partial charge is 0.224 e. The highest BCUT2D eigenvalue weighted by Gasteiger charge is 2.14. The molecule has 1 atom stereocenters. The van der Waals surface area contributed by atoms with Crippen LogP contribution in [0.4, 0.5) is 0 Å². The van der Waals surface area contributed by atoms with Crippen molar-refractivity contribution in [1.29, 1.82) is 0 Å². The largest absolute Gasteiger partial charge is 0.497 e. The molecular weight excluding hydrogens is 336 g/mol. The molecule has 0 spiro atoms. The van der Waals surface area contributed by atoms with E-state index in [4.69, 9.17) is 4.74 Å². The Morgan fingerprint density at radius 2 is 2.28 bits per heavy atom. The minimum Gasteiger partial charge on any atom is -0.497 e. The molecule has 0 saturated carbocycles. The lowest BCUT2D eigenvalue weighted by Gasteiger charge is -2.11. The molecule has 7 heteroatoms. The number of carbonyl (C=O) groups excluding carboxylic acids is 1. The second kappa shape index (κ2) is 7.94. The first-order valence-corrected chi connectivity index (χ1v) is 8.81. The van der Waals surface area contributed by atoms with Crippen LogP contribution in [0.25, 0.3) is 10.6 Å². The number of amides is 1. The van der Waals surface area contributed by atoms with Crippen LogP contribution in [-0.2, 0) is 17.9 Å². The number of thiazole rings is 1. The van der Waals surface area contributed by atoms with Gasteiger partial charge < -0.3 is 10.1 Å². The lowest BCUT2D eigenvalue weighted by Crippen LogP contribution is -2.31. The van der Waals surface area contributed by atoms with E-state index in [0.717, 1.165) is 21.2 Å². The Morgan fingerprint density at radius 3 is 3.04 bits per heavy atom. The van der Waals surface area contributed by atoms with E-state index in [1.807, 2.05) is 43.5 Å². The number of nitrogens with one attached hydrogen (secondary N) is 1. The zero-order valence-corrected chi connectivity index (χ0v) is 15.0. The Balaban J connectivity index is 1.57. The molecule has 0 bridgehead atoms. The first kappa shape index (κ1) is 17.2. The maximum absolute atomic E-state index is 12.2. The van der Waals surface area contributed by atoms with Crippen LogP contribution in [0.15, 0.2) is 48.9 Å². The van der Waals surface area contributed by atoms with Gasteiger partial charge in [-0.05, 0) is 18.2 Å². The minimum absolute atomic E-state index is 0.00632. The van der Waals surface area contributed by atoms with Crippen molar-refractivity contribution in [3.05, 3.63) is 53.8 Å². The van der Waals surface area contributed by atoms with E-state index in [-0.39, 0.29) is 11.8 Å². The van der Waals surface area contributed by atoms with Gasteiger partial charge in [0, 0.05) is 29.0 Å². The molecule has 1 unspecified atom stereocenters. The third-order valence-electron chi connectivity index (χ3n) is 3.77. The van der Waals surface area contributed by atoms with E-state index in [9.17, 15) is 4.79 Å². The Hall–Kier alpha value is -2.67. The van der Waals surface area contributed by atoms with Gasteiger partial charge >= 0.3 is 0 Å². The molecule has 1 N–H and O–H groups in total. The molecule has 3 aromatic rings. The summed E-state index contributed by atoms with van der Waals surface area (Å²) in [5.41, 5.74) is 1.01. The molecule has 130 valence electrons. The molecule has 1 aromatic carbocycles. The number of aromatic nitrogens is 3. The predicted octanol–water partition coefficient (Wildman–Crippen LogP) is 2.97. The van der Waals surface area contributed by atoms with Gasteiger partial charge in [-0.1, -0.05) is 19.1 Å². The van der Waals surface area contributed by atoms with Crippen LogP contribution in [0, 0.1) is 5.92 Å². The van der Waals surface area contributed by atoms with Crippen LogP contribution >= 0.6 is 11.3 Å². The second-order valence-electron chi connectivity index (χ2n) is 5.71. The van der Waals surface area contributed by atoms with Gasteiger partial charge in [0.25, 0.3) is 0 Å². The summed E-state index contributed by atoms with van der Waals surface area (Å²) >= 11 is 1.57. The van der Waals surface area contributed by atoms with E-state index in [1.54, 1.807) is 35.5 Å². The normalized spacial score (nSPS) is 11.9. The highest BCUT2D eigenvalue weighted by molar-refractivity contribution is 7.15. The Morgan fingerprint density at radius 1 is 1.40 bits per heavy atom. The van der Waals surface area contributed by atoms with Crippen LogP contribution in [0.3, 0.4) is 0 Å². The Bertz CT molecular complexity index is 829. The van der Waals surface area contributed by atoms with Crippen molar-refractivity contribution in [3.8, 4) is 16.3 Å². The van der Waals surface area contributed by atoms with Crippen LogP contribution in [0.1, 0.15) is 11.8 Å². The van der Waals surface area contributed by atoms with Crippen molar-refractivity contribution in [2.24, 2.45) is 5.92 Å². The molecule has 6 nitrogen and oxygen atoms in total. The number of hydrogen-bond donors (Lipinski definition) is 1. The summed E-state index contributed by atoms with van der Waals surface area (Å²) in [4.78, 5) is 17.7. The molecule has 2 aromatic heterocycles. The lowest BCUT2D eigenvalue weighted by molar-refractivity contribution is -0.125. The SMILES string of the molecule is COc1cccc(-c2ncc(CNC(=O)C(C)Cn3cccn3)s2)c1. The fourth-order valence-electron chi connectivity index (χ4n) is 2.40. The quantitative estimate of drug-likeness (QED) is 0.707. The van der Waals surface area contributed by atoms with Gasteiger partial charge in [-0.2, -0.15) is 5.10 Å². The van der Waals surface area contributed by atoms with Gasteiger partial charge in [-0.25, -0.2) is 4.98 Å². The summed E-state index contributed by atoms with van der Waals surface area (Å²) in [7, 11) is 1.65. The summed E-state index contributed by atoms with van der Waals surface area (Å²) in [6.45, 7) is 2.94. The predicted molar refractivity (Wildman–Crippen MR) is 97.3 cm³/mol. The molecular formula is C18H20N4O2S. The monoisotopic (exact) mass is 356 g/mol. The molecule has 0 fully saturated rings. The molecule has 3 rings (SSSR count). The van der Waals surface area contributed by atoms with Crippen LogP contribution < -0.4 is 10.1 Å². The van der Waals surface area contributed by atoms with E-state index in [0.29, 0.717) is 13.1 Å². The molecule has 0 saturated heterocycles. The summed E-state index contributed by atoms with van der Waals surface area (Å²) in [6.07, 6.45) is 5.37. The van der Waals surface area contributed by atoms with Gasteiger partial charge in [-0.15, -0.1) is 11.3 Å². The summed E-state index contributed by atoms with van der Waals surface area (Å²) in [5.74, 6) is 0.660. The standard InChI is InChI=1S/C18H20N4O2S/c1-13(12-22-8-4-7-21-22)17(23)19-10-16-11-20-18(25-16)14-5-3-6-15(9-14)24-2/h3-9,11,13H,10,12H2,1-2H3,(H,19,23). The van der Waals surface area contributed by atoms with Gasteiger partial charge in [0.05, 0.1) is 26.1 Å². The lowest BCUT2D eigenvalue weighted by atomic mass is 10.1. The minimum atomic E-state index is -0.148. The van der Waals surface area contributed by atoms with Crippen molar-refractivity contribution in [1.82, 2.24) is 20.1 Å². The highest BCUT2D eigenvalue weighted by atomic mass is 32.1. The molecule has 1 amide bonds. The zero-order chi connectivity index (χ0) is 17.6. The topological polar surface area (TPSA) is 69.0 Å². The fourth-order valence-corrected chi connectivity index (χ4v) is 3.25.